The average Bonchev–Trinajstić information content (AvgIpc) is 3.17. The van der Waals surface area contributed by atoms with Crippen LogP contribution in [0.2, 0.25) is 0 Å². The van der Waals surface area contributed by atoms with Crippen LogP contribution in [-0.2, 0) is 6.54 Å². The lowest BCUT2D eigenvalue weighted by Gasteiger charge is -2.28. The maximum atomic E-state index is 4.46. The van der Waals surface area contributed by atoms with Crippen LogP contribution in [0.5, 0.6) is 0 Å². The number of aryl methyl sites for hydroxylation is 1. The second-order valence-electron chi connectivity index (χ2n) is 8.20. The molecule has 0 saturated carbocycles. The Hall–Kier alpha value is -1.98. The minimum atomic E-state index is 0.540. The molecule has 1 N–H and O–H groups in total. The van der Waals surface area contributed by atoms with Crippen molar-refractivity contribution in [1.29, 1.82) is 0 Å². The minimum Gasteiger partial charge on any atom is -0.354 e. The van der Waals surface area contributed by atoms with E-state index in [1.165, 1.54) is 29.8 Å². The molecular formula is C22H31N5. The molecule has 2 fully saturated rings. The van der Waals surface area contributed by atoms with Gasteiger partial charge in [-0.25, -0.2) is 9.97 Å². The van der Waals surface area contributed by atoms with Gasteiger partial charge in [0.25, 0.3) is 0 Å². The molecule has 0 spiro atoms. The van der Waals surface area contributed by atoms with E-state index in [-0.39, 0.29) is 0 Å². The van der Waals surface area contributed by atoms with E-state index in [1.807, 2.05) is 12.4 Å². The highest BCUT2D eigenvalue weighted by atomic mass is 15.2. The lowest BCUT2D eigenvalue weighted by molar-refractivity contribution is 0.224. The Balaban J connectivity index is 1.42. The van der Waals surface area contributed by atoms with Gasteiger partial charge < -0.3 is 5.32 Å². The van der Waals surface area contributed by atoms with Crippen LogP contribution < -0.4 is 5.32 Å². The van der Waals surface area contributed by atoms with Crippen LogP contribution in [-0.4, -0.2) is 53.0 Å². The molecule has 5 nitrogen and oxygen atoms in total. The van der Waals surface area contributed by atoms with Crippen molar-refractivity contribution in [2.24, 2.45) is 11.8 Å². The Kier molecular flexibility index (Phi) is 5.41. The van der Waals surface area contributed by atoms with Gasteiger partial charge in [-0.2, -0.15) is 0 Å². The lowest BCUT2D eigenvalue weighted by atomic mass is 9.88. The Morgan fingerprint density at radius 1 is 1.11 bits per heavy atom. The van der Waals surface area contributed by atoms with E-state index in [1.54, 1.807) is 0 Å². The fourth-order valence-electron chi connectivity index (χ4n) is 4.89. The van der Waals surface area contributed by atoms with E-state index in [9.17, 15) is 0 Å². The number of aromatic nitrogens is 2. The quantitative estimate of drug-likeness (QED) is 0.851. The van der Waals surface area contributed by atoms with Gasteiger partial charge >= 0.3 is 0 Å². The summed E-state index contributed by atoms with van der Waals surface area (Å²) in [4.78, 5) is 14.1. The van der Waals surface area contributed by atoms with Gasteiger partial charge in [-0.15, -0.1) is 0 Å². The van der Waals surface area contributed by atoms with Crippen molar-refractivity contribution < 1.29 is 0 Å². The number of anilines is 1. The summed E-state index contributed by atoms with van der Waals surface area (Å²) >= 11 is 0. The topological polar surface area (TPSA) is 44.3 Å². The van der Waals surface area contributed by atoms with Crippen molar-refractivity contribution in [1.82, 2.24) is 19.8 Å². The molecule has 5 heteroatoms. The van der Waals surface area contributed by atoms with Gasteiger partial charge in [0.15, 0.2) is 0 Å². The summed E-state index contributed by atoms with van der Waals surface area (Å²) in [6, 6.07) is 9.43. The number of nitrogens with zero attached hydrogens (tertiary/aromatic N) is 4. The van der Waals surface area contributed by atoms with Crippen LogP contribution in [0.25, 0.3) is 0 Å². The van der Waals surface area contributed by atoms with Gasteiger partial charge in [-0.1, -0.05) is 31.2 Å². The van der Waals surface area contributed by atoms with E-state index < -0.39 is 0 Å². The number of rotatable bonds is 6. The van der Waals surface area contributed by atoms with Crippen LogP contribution in [0.1, 0.15) is 36.1 Å². The first kappa shape index (κ1) is 18.4. The zero-order valence-electron chi connectivity index (χ0n) is 16.7. The Morgan fingerprint density at radius 2 is 1.89 bits per heavy atom. The third-order valence-electron chi connectivity index (χ3n) is 6.12. The average molecular weight is 366 g/mol. The van der Waals surface area contributed by atoms with Crippen molar-refractivity contribution >= 4 is 5.95 Å². The van der Waals surface area contributed by atoms with Gasteiger partial charge in [-0.3, -0.25) is 9.80 Å². The molecule has 0 unspecified atom stereocenters. The highest BCUT2D eigenvalue weighted by molar-refractivity contribution is 5.31. The SMILES string of the molecule is CCCNc1ncc(CN2C[C@@H]3CN(C)[C@@H](c4ccccc4C)[C@@H]3C2)cn1. The smallest absolute Gasteiger partial charge is 0.222 e. The first-order chi connectivity index (χ1) is 13.2. The van der Waals surface area contributed by atoms with Crippen LogP contribution in [0.15, 0.2) is 36.7 Å². The van der Waals surface area contributed by atoms with Crippen LogP contribution >= 0.6 is 0 Å². The molecule has 144 valence electrons. The fraction of sp³-hybridized carbons (Fsp3) is 0.545. The van der Waals surface area contributed by atoms with Crippen LogP contribution in [0, 0.1) is 18.8 Å². The maximum Gasteiger partial charge on any atom is 0.222 e. The monoisotopic (exact) mass is 365 g/mol. The van der Waals surface area contributed by atoms with E-state index in [4.69, 9.17) is 0 Å². The molecule has 0 radical (unpaired) electrons. The number of hydrogen-bond acceptors (Lipinski definition) is 5. The molecule has 0 amide bonds. The summed E-state index contributed by atoms with van der Waals surface area (Å²) in [5, 5.41) is 3.24. The Bertz CT molecular complexity index is 760. The summed E-state index contributed by atoms with van der Waals surface area (Å²) in [5.74, 6) is 2.20. The second kappa shape index (κ2) is 7.95. The van der Waals surface area contributed by atoms with Gasteiger partial charge in [0, 0.05) is 56.7 Å². The van der Waals surface area contributed by atoms with Crippen molar-refractivity contribution in [2.75, 3.05) is 38.5 Å². The Labute approximate surface area is 162 Å². The third kappa shape index (κ3) is 3.85. The molecule has 4 rings (SSSR count). The fourth-order valence-corrected chi connectivity index (χ4v) is 4.89. The summed E-state index contributed by atoms with van der Waals surface area (Å²) in [6.07, 6.45) is 5.03. The first-order valence-corrected chi connectivity index (χ1v) is 10.2. The highest BCUT2D eigenvalue weighted by Gasteiger charge is 2.46. The van der Waals surface area contributed by atoms with Crippen molar-refractivity contribution in [3.05, 3.63) is 53.3 Å². The number of hydrogen-bond donors (Lipinski definition) is 1. The molecule has 3 atom stereocenters. The lowest BCUT2D eigenvalue weighted by Crippen LogP contribution is -2.29. The van der Waals surface area contributed by atoms with E-state index in [0.29, 0.717) is 12.0 Å². The number of fused-ring (bicyclic) bond motifs is 1. The molecule has 0 aliphatic carbocycles. The molecule has 2 saturated heterocycles. The van der Waals surface area contributed by atoms with Gasteiger partial charge in [0.05, 0.1) is 0 Å². The summed E-state index contributed by atoms with van der Waals surface area (Å²) in [6.45, 7) is 9.78. The Morgan fingerprint density at radius 3 is 2.63 bits per heavy atom. The van der Waals surface area contributed by atoms with E-state index >= 15 is 0 Å². The van der Waals surface area contributed by atoms with E-state index in [2.05, 4.69) is 70.2 Å². The molecule has 2 aliphatic rings. The third-order valence-corrected chi connectivity index (χ3v) is 6.12. The first-order valence-electron chi connectivity index (χ1n) is 10.2. The van der Waals surface area contributed by atoms with Gasteiger partial charge in [0.1, 0.15) is 0 Å². The van der Waals surface area contributed by atoms with Gasteiger partial charge in [-0.05, 0) is 43.4 Å². The highest BCUT2D eigenvalue weighted by Crippen LogP contribution is 2.45. The van der Waals surface area contributed by atoms with Crippen LogP contribution in [0.4, 0.5) is 5.95 Å². The van der Waals surface area contributed by atoms with Crippen molar-refractivity contribution in [3.63, 3.8) is 0 Å². The summed E-state index contributed by atoms with van der Waals surface area (Å²) < 4.78 is 0. The van der Waals surface area contributed by atoms with E-state index in [0.717, 1.165) is 37.9 Å². The number of benzene rings is 1. The normalized spacial score (nSPS) is 25.7. The zero-order valence-corrected chi connectivity index (χ0v) is 16.7. The zero-order chi connectivity index (χ0) is 18.8. The molecule has 1 aromatic carbocycles. The number of likely N-dealkylation sites (tertiary alicyclic amines) is 2. The molecule has 2 aromatic rings. The summed E-state index contributed by atoms with van der Waals surface area (Å²) in [7, 11) is 2.29. The van der Waals surface area contributed by atoms with Crippen molar-refractivity contribution in [3.8, 4) is 0 Å². The predicted molar refractivity (Wildman–Crippen MR) is 110 cm³/mol. The number of nitrogens with one attached hydrogen (secondary N) is 1. The van der Waals surface area contributed by atoms with Gasteiger partial charge in [0.2, 0.25) is 5.95 Å². The second-order valence-corrected chi connectivity index (χ2v) is 8.20. The largest absolute Gasteiger partial charge is 0.354 e. The van der Waals surface area contributed by atoms with Crippen molar-refractivity contribution in [2.45, 2.75) is 32.9 Å². The standard InChI is InChI=1S/C22H31N5/c1-4-9-23-22-24-10-17(11-25-22)12-27-14-18-13-26(3)21(20(18)15-27)19-8-6-5-7-16(19)2/h5-8,10-11,18,20-21H,4,9,12-15H2,1-3H3,(H,23,24,25)/t18-,20+,21-/m0/s1. The molecule has 3 heterocycles. The molecule has 2 aliphatic heterocycles. The molecule has 0 bridgehead atoms. The van der Waals surface area contributed by atoms with Crippen LogP contribution in [0.3, 0.4) is 0 Å². The maximum absolute atomic E-state index is 4.46. The molecule has 27 heavy (non-hydrogen) atoms. The predicted octanol–water partition coefficient (Wildman–Crippen LogP) is 3.34. The molecular weight excluding hydrogens is 334 g/mol. The minimum absolute atomic E-state index is 0.540. The summed E-state index contributed by atoms with van der Waals surface area (Å²) in [5.41, 5.74) is 4.12. The molecule has 1 aromatic heterocycles.